The Balaban J connectivity index is 1.59. The highest BCUT2D eigenvalue weighted by Gasteiger charge is 2.26. The molecule has 0 N–H and O–H groups in total. The van der Waals surface area contributed by atoms with Gasteiger partial charge in [0.1, 0.15) is 5.75 Å². The molecular weight excluding hydrogens is 406 g/mol. The van der Waals surface area contributed by atoms with E-state index < -0.39 is 26.4 Å². The number of rotatable bonds is 5. The van der Waals surface area contributed by atoms with Crippen molar-refractivity contribution in [3.8, 4) is 0 Å². The molecule has 0 aromatic heterocycles. The molecule has 2 aromatic rings. The Morgan fingerprint density at radius 1 is 1.00 bits per heavy atom. The number of amides is 1. The Kier molecular flexibility index (Phi) is 5.85. The van der Waals surface area contributed by atoms with Crippen LogP contribution in [0.5, 0.6) is 0 Å². The van der Waals surface area contributed by atoms with Gasteiger partial charge >= 0.3 is 0 Å². The third-order valence-corrected chi connectivity index (χ3v) is 6.41. The van der Waals surface area contributed by atoms with Gasteiger partial charge in [0, 0.05) is 49.0 Å². The molecule has 0 unspecified atom stereocenters. The topological polar surface area (TPSA) is 101 Å². The Hall–Kier alpha value is -2.65. The van der Waals surface area contributed by atoms with Crippen LogP contribution in [0.2, 0.25) is 5.02 Å². The summed E-state index contributed by atoms with van der Waals surface area (Å²) >= 11 is 5.77. The van der Waals surface area contributed by atoms with Gasteiger partial charge in [-0.25, -0.2) is 8.42 Å². The summed E-state index contributed by atoms with van der Waals surface area (Å²) in [6.45, 7) is 1.80. The predicted octanol–water partition coefficient (Wildman–Crippen LogP) is 2.37. The first-order valence-corrected chi connectivity index (χ1v) is 10.5. The molecule has 3 rings (SSSR count). The van der Waals surface area contributed by atoms with E-state index >= 15 is 0 Å². The van der Waals surface area contributed by atoms with E-state index in [-0.39, 0.29) is 10.6 Å². The summed E-state index contributed by atoms with van der Waals surface area (Å²) in [7, 11) is -3.73. The molecule has 28 heavy (non-hydrogen) atoms. The predicted molar refractivity (Wildman–Crippen MR) is 105 cm³/mol. The van der Waals surface area contributed by atoms with Gasteiger partial charge in [-0.3, -0.25) is 14.9 Å². The fraction of sp³-hybridized carbons (Fsp3) is 0.278. The second kappa shape index (κ2) is 8.15. The van der Waals surface area contributed by atoms with Gasteiger partial charge < -0.3 is 9.80 Å². The molecule has 148 valence electrons. The van der Waals surface area contributed by atoms with Crippen LogP contribution >= 0.6 is 11.6 Å². The maximum absolute atomic E-state index is 12.4. The molecule has 0 bridgehead atoms. The SMILES string of the molecule is O=C(CS(=O)(=O)c1ccc(Cl)cc1)N1CCN(c2ccc([N+](=O)[O-])cc2)CC1. The number of carbonyl (C=O) groups is 1. The van der Waals surface area contributed by atoms with Crippen molar-refractivity contribution in [1.82, 2.24) is 4.90 Å². The number of sulfone groups is 1. The molecule has 0 saturated carbocycles. The zero-order valence-electron chi connectivity index (χ0n) is 14.8. The number of non-ortho nitro benzene ring substituents is 1. The third kappa shape index (κ3) is 4.60. The maximum atomic E-state index is 12.4. The largest absolute Gasteiger partial charge is 0.368 e. The average molecular weight is 424 g/mol. The Morgan fingerprint density at radius 3 is 2.11 bits per heavy atom. The smallest absolute Gasteiger partial charge is 0.269 e. The van der Waals surface area contributed by atoms with Gasteiger partial charge in [0.15, 0.2) is 9.84 Å². The summed E-state index contributed by atoms with van der Waals surface area (Å²) in [6, 6.07) is 11.9. The van der Waals surface area contributed by atoms with E-state index in [1.165, 1.54) is 41.3 Å². The van der Waals surface area contributed by atoms with Crippen molar-refractivity contribution in [2.45, 2.75) is 4.90 Å². The molecular formula is C18H18ClN3O5S. The van der Waals surface area contributed by atoms with Gasteiger partial charge in [-0.2, -0.15) is 0 Å². The van der Waals surface area contributed by atoms with E-state index in [1.54, 1.807) is 12.1 Å². The molecule has 1 aliphatic rings. The molecule has 1 amide bonds. The average Bonchev–Trinajstić information content (AvgIpc) is 2.68. The molecule has 0 spiro atoms. The Morgan fingerprint density at radius 2 is 1.57 bits per heavy atom. The zero-order chi connectivity index (χ0) is 20.3. The van der Waals surface area contributed by atoms with Crippen LogP contribution in [0.25, 0.3) is 0 Å². The molecule has 0 radical (unpaired) electrons. The number of anilines is 1. The lowest BCUT2D eigenvalue weighted by Crippen LogP contribution is -2.50. The summed E-state index contributed by atoms with van der Waals surface area (Å²) in [6.07, 6.45) is 0. The van der Waals surface area contributed by atoms with Gasteiger partial charge in [-0.05, 0) is 36.4 Å². The quantitative estimate of drug-likeness (QED) is 0.540. The number of nitro groups is 1. The Bertz CT molecular complexity index is 969. The van der Waals surface area contributed by atoms with Crippen LogP contribution in [0.1, 0.15) is 0 Å². The lowest BCUT2D eigenvalue weighted by atomic mass is 10.2. The molecule has 10 heteroatoms. The first-order chi connectivity index (χ1) is 13.3. The van der Waals surface area contributed by atoms with Crippen molar-refractivity contribution in [3.05, 3.63) is 63.7 Å². The van der Waals surface area contributed by atoms with Crippen LogP contribution in [-0.2, 0) is 14.6 Å². The summed E-state index contributed by atoms with van der Waals surface area (Å²) in [4.78, 5) is 26.3. The van der Waals surface area contributed by atoms with Crippen molar-refractivity contribution in [2.24, 2.45) is 0 Å². The highest BCUT2D eigenvalue weighted by atomic mass is 35.5. The van der Waals surface area contributed by atoms with Crippen LogP contribution < -0.4 is 4.90 Å². The van der Waals surface area contributed by atoms with Crippen LogP contribution in [0, 0.1) is 10.1 Å². The van der Waals surface area contributed by atoms with Gasteiger partial charge in [0.05, 0.1) is 9.82 Å². The first kappa shape index (κ1) is 20.1. The second-order valence-electron chi connectivity index (χ2n) is 6.35. The number of carbonyl (C=O) groups excluding carboxylic acids is 1. The maximum Gasteiger partial charge on any atom is 0.269 e. The number of piperazine rings is 1. The summed E-state index contributed by atoms with van der Waals surface area (Å²) in [5.41, 5.74) is 0.844. The summed E-state index contributed by atoms with van der Waals surface area (Å²) < 4.78 is 24.8. The minimum atomic E-state index is -3.73. The Labute approximate surface area is 167 Å². The van der Waals surface area contributed by atoms with Crippen LogP contribution in [0.3, 0.4) is 0 Å². The second-order valence-corrected chi connectivity index (χ2v) is 8.78. The fourth-order valence-corrected chi connectivity index (χ4v) is 4.33. The standard InChI is InChI=1S/C18H18ClN3O5S/c19-14-1-7-17(8-2-14)28(26,27)13-18(23)21-11-9-20(10-12-21)15-3-5-16(6-4-15)22(24)25/h1-8H,9-13H2. The fourth-order valence-electron chi connectivity index (χ4n) is 2.98. The molecule has 1 fully saturated rings. The van der Waals surface area contributed by atoms with Crippen molar-refractivity contribution in [1.29, 1.82) is 0 Å². The van der Waals surface area contributed by atoms with E-state index in [0.717, 1.165) is 5.69 Å². The molecule has 1 heterocycles. The number of hydrogen-bond donors (Lipinski definition) is 0. The number of nitrogens with zero attached hydrogens (tertiary/aromatic N) is 3. The molecule has 0 aliphatic carbocycles. The van der Waals surface area contributed by atoms with Crippen molar-refractivity contribution in [3.63, 3.8) is 0 Å². The molecule has 2 aromatic carbocycles. The third-order valence-electron chi connectivity index (χ3n) is 4.54. The van der Waals surface area contributed by atoms with Gasteiger partial charge in [-0.1, -0.05) is 11.6 Å². The van der Waals surface area contributed by atoms with Crippen LogP contribution in [-0.4, -0.2) is 56.1 Å². The number of halogens is 1. The molecule has 1 aliphatic heterocycles. The molecule has 1 saturated heterocycles. The van der Waals surface area contributed by atoms with Gasteiger partial charge in [0.25, 0.3) is 5.69 Å². The van der Waals surface area contributed by atoms with Crippen molar-refractivity contribution < 1.29 is 18.1 Å². The van der Waals surface area contributed by atoms with E-state index in [0.29, 0.717) is 31.2 Å². The monoisotopic (exact) mass is 423 g/mol. The zero-order valence-corrected chi connectivity index (χ0v) is 16.4. The highest BCUT2D eigenvalue weighted by Crippen LogP contribution is 2.21. The van der Waals surface area contributed by atoms with Crippen LogP contribution in [0.4, 0.5) is 11.4 Å². The van der Waals surface area contributed by atoms with Gasteiger partial charge in [-0.15, -0.1) is 0 Å². The lowest BCUT2D eigenvalue weighted by molar-refractivity contribution is -0.384. The molecule has 8 nitrogen and oxygen atoms in total. The number of hydrogen-bond acceptors (Lipinski definition) is 6. The van der Waals surface area contributed by atoms with Crippen molar-refractivity contribution in [2.75, 3.05) is 36.8 Å². The van der Waals surface area contributed by atoms with Crippen LogP contribution in [0.15, 0.2) is 53.4 Å². The van der Waals surface area contributed by atoms with Gasteiger partial charge in [0.2, 0.25) is 5.91 Å². The number of benzene rings is 2. The van der Waals surface area contributed by atoms with E-state index in [9.17, 15) is 23.3 Å². The van der Waals surface area contributed by atoms with E-state index in [1.807, 2.05) is 4.90 Å². The first-order valence-electron chi connectivity index (χ1n) is 8.52. The minimum absolute atomic E-state index is 0.0185. The lowest BCUT2D eigenvalue weighted by Gasteiger charge is -2.36. The number of nitro benzene ring substituents is 1. The minimum Gasteiger partial charge on any atom is -0.368 e. The normalized spacial score (nSPS) is 14.8. The van der Waals surface area contributed by atoms with E-state index in [4.69, 9.17) is 11.6 Å². The highest BCUT2D eigenvalue weighted by molar-refractivity contribution is 7.92. The summed E-state index contributed by atoms with van der Waals surface area (Å²) in [5, 5.41) is 11.2. The molecule has 0 atom stereocenters. The van der Waals surface area contributed by atoms with Crippen molar-refractivity contribution >= 4 is 38.7 Å². The van der Waals surface area contributed by atoms with E-state index in [2.05, 4.69) is 0 Å². The summed E-state index contributed by atoms with van der Waals surface area (Å²) in [5.74, 6) is -1.04.